The summed E-state index contributed by atoms with van der Waals surface area (Å²) in [6, 6.07) is 4.06. The van der Waals surface area contributed by atoms with Crippen LogP contribution < -0.4 is 5.32 Å². The van der Waals surface area contributed by atoms with E-state index in [4.69, 9.17) is 10.4 Å². The Labute approximate surface area is 107 Å². The Hall–Kier alpha value is -0.890. The molecule has 0 aliphatic heterocycles. The number of nitriles is 1. The number of thiophene rings is 1. The normalized spacial score (nSPS) is 11.4. The summed E-state index contributed by atoms with van der Waals surface area (Å²) in [6.07, 6.45) is 2.08. The molecule has 2 N–H and O–H groups in total. The predicted octanol–water partition coefficient (Wildman–Crippen LogP) is 2.51. The lowest BCUT2D eigenvalue weighted by molar-refractivity contribution is 0.148. The number of aliphatic hydroxyl groups excluding tert-OH is 1. The molecule has 1 rings (SSSR count). The Bertz CT molecular complexity index is 379. The number of nitrogens with one attached hydrogen (secondary N) is 1. The Morgan fingerprint density at radius 3 is 2.88 bits per heavy atom. The van der Waals surface area contributed by atoms with Crippen molar-refractivity contribution in [1.82, 2.24) is 5.32 Å². The van der Waals surface area contributed by atoms with E-state index in [1.54, 1.807) is 11.3 Å². The molecule has 1 aromatic heterocycles. The summed E-state index contributed by atoms with van der Waals surface area (Å²) in [5, 5.41) is 23.0. The molecule has 0 unspecified atom stereocenters. The van der Waals surface area contributed by atoms with E-state index < -0.39 is 0 Å². The van der Waals surface area contributed by atoms with E-state index in [1.807, 2.05) is 11.4 Å². The first kappa shape index (κ1) is 14.2. The summed E-state index contributed by atoms with van der Waals surface area (Å²) in [7, 11) is 0. The number of hydrogen-bond acceptors (Lipinski definition) is 4. The second-order valence-electron chi connectivity index (χ2n) is 5.02. The number of rotatable bonds is 7. The molecule has 0 fully saturated rings. The molecule has 0 spiro atoms. The van der Waals surface area contributed by atoms with Crippen molar-refractivity contribution in [2.45, 2.75) is 33.2 Å². The van der Waals surface area contributed by atoms with Crippen molar-refractivity contribution in [3.8, 4) is 6.07 Å². The maximum absolute atomic E-state index is 9.11. The van der Waals surface area contributed by atoms with Crippen LogP contribution in [0, 0.1) is 16.7 Å². The molecular weight excluding hydrogens is 232 g/mol. The smallest absolute Gasteiger partial charge is 0.100 e. The van der Waals surface area contributed by atoms with Crippen LogP contribution >= 0.6 is 11.3 Å². The molecule has 1 aromatic rings. The van der Waals surface area contributed by atoms with Crippen LogP contribution in [0.15, 0.2) is 11.4 Å². The molecule has 3 nitrogen and oxygen atoms in total. The third-order valence-electron chi connectivity index (χ3n) is 2.72. The minimum absolute atomic E-state index is 0.0264. The lowest BCUT2D eigenvalue weighted by atomic mass is 9.89. The van der Waals surface area contributed by atoms with E-state index in [0.29, 0.717) is 0 Å². The highest BCUT2D eigenvalue weighted by Gasteiger charge is 2.15. The number of nitrogens with zero attached hydrogens (tertiary/aromatic N) is 1. The minimum atomic E-state index is 0.0264. The molecule has 4 heteroatoms. The van der Waals surface area contributed by atoms with Crippen molar-refractivity contribution in [1.29, 1.82) is 5.26 Å². The van der Waals surface area contributed by atoms with Crippen molar-refractivity contribution in [3.63, 3.8) is 0 Å². The monoisotopic (exact) mass is 252 g/mol. The quantitative estimate of drug-likeness (QED) is 0.733. The average molecular weight is 252 g/mol. The van der Waals surface area contributed by atoms with E-state index in [2.05, 4.69) is 25.2 Å². The van der Waals surface area contributed by atoms with Crippen LogP contribution in [-0.4, -0.2) is 18.3 Å². The molecule has 17 heavy (non-hydrogen) atoms. The van der Waals surface area contributed by atoms with Gasteiger partial charge in [-0.3, -0.25) is 0 Å². The van der Waals surface area contributed by atoms with Gasteiger partial charge in [-0.25, -0.2) is 0 Å². The first-order valence-corrected chi connectivity index (χ1v) is 6.74. The fourth-order valence-electron chi connectivity index (χ4n) is 1.51. The maximum atomic E-state index is 9.11. The zero-order valence-electron chi connectivity index (χ0n) is 10.5. The highest BCUT2D eigenvalue weighted by atomic mass is 32.1. The van der Waals surface area contributed by atoms with Crippen molar-refractivity contribution < 1.29 is 5.11 Å². The molecule has 0 aliphatic rings. The van der Waals surface area contributed by atoms with Crippen LogP contribution in [0.1, 0.15) is 37.1 Å². The van der Waals surface area contributed by atoms with Crippen LogP contribution in [0.25, 0.3) is 0 Å². The summed E-state index contributed by atoms with van der Waals surface area (Å²) >= 11 is 1.62. The van der Waals surface area contributed by atoms with E-state index in [0.717, 1.165) is 31.5 Å². The Balaban J connectivity index is 2.15. The van der Waals surface area contributed by atoms with E-state index in [9.17, 15) is 0 Å². The van der Waals surface area contributed by atoms with Gasteiger partial charge in [-0.15, -0.1) is 11.3 Å². The van der Waals surface area contributed by atoms with Gasteiger partial charge in [0.25, 0.3) is 0 Å². The predicted molar refractivity (Wildman–Crippen MR) is 70.8 cm³/mol. The summed E-state index contributed by atoms with van der Waals surface area (Å²) in [5.74, 6) is 0. The molecular formula is C13H20N2OS. The molecule has 0 aliphatic carbocycles. The standard InChI is InChI=1S/C13H20N2OS/c1-13(2,10-16)4-3-5-15-8-12-6-11(7-14)9-17-12/h6,9,15-16H,3-5,8,10H2,1-2H3. The maximum Gasteiger partial charge on any atom is 0.100 e. The van der Waals surface area contributed by atoms with Gasteiger partial charge in [0.15, 0.2) is 0 Å². The third-order valence-corrected chi connectivity index (χ3v) is 3.65. The van der Waals surface area contributed by atoms with Gasteiger partial charge >= 0.3 is 0 Å². The van der Waals surface area contributed by atoms with Crippen LogP contribution in [0.4, 0.5) is 0 Å². The summed E-state index contributed by atoms with van der Waals surface area (Å²) in [5.41, 5.74) is 0.770. The summed E-state index contributed by atoms with van der Waals surface area (Å²) in [6.45, 7) is 6.16. The number of hydrogen-bond donors (Lipinski definition) is 2. The zero-order valence-corrected chi connectivity index (χ0v) is 11.3. The van der Waals surface area contributed by atoms with Gasteiger partial charge in [-0.1, -0.05) is 13.8 Å². The van der Waals surface area contributed by atoms with Crippen LogP contribution in [0.3, 0.4) is 0 Å². The van der Waals surface area contributed by atoms with Gasteiger partial charge in [0.05, 0.1) is 5.56 Å². The van der Waals surface area contributed by atoms with Gasteiger partial charge in [0.2, 0.25) is 0 Å². The SMILES string of the molecule is CC(C)(CO)CCCNCc1cc(C#N)cs1. The summed E-state index contributed by atoms with van der Waals surface area (Å²) < 4.78 is 0. The third kappa shape index (κ3) is 5.31. The molecule has 0 atom stereocenters. The summed E-state index contributed by atoms with van der Waals surface area (Å²) in [4.78, 5) is 1.20. The molecule has 0 radical (unpaired) electrons. The van der Waals surface area contributed by atoms with Gasteiger partial charge in [0, 0.05) is 23.4 Å². The largest absolute Gasteiger partial charge is 0.396 e. The van der Waals surface area contributed by atoms with Crippen molar-refractivity contribution in [3.05, 3.63) is 21.9 Å². The minimum Gasteiger partial charge on any atom is -0.396 e. The van der Waals surface area contributed by atoms with Crippen molar-refractivity contribution in [2.75, 3.05) is 13.2 Å². The topological polar surface area (TPSA) is 56.0 Å². The molecule has 94 valence electrons. The zero-order chi connectivity index (χ0) is 12.7. The molecule has 0 saturated heterocycles. The van der Waals surface area contributed by atoms with E-state index >= 15 is 0 Å². The molecule has 0 amide bonds. The lowest BCUT2D eigenvalue weighted by Gasteiger charge is -2.21. The molecule has 0 bridgehead atoms. The highest BCUT2D eigenvalue weighted by molar-refractivity contribution is 7.10. The van der Waals surface area contributed by atoms with E-state index in [-0.39, 0.29) is 12.0 Å². The first-order valence-electron chi connectivity index (χ1n) is 5.86. The molecule has 0 saturated carbocycles. The van der Waals surface area contributed by atoms with Crippen LogP contribution in [0.5, 0.6) is 0 Å². The number of aliphatic hydroxyl groups is 1. The van der Waals surface area contributed by atoms with Gasteiger partial charge in [-0.05, 0) is 30.9 Å². The molecule has 1 heterocycles. The van der Waals surface area contributed by atoms with Gasteiger partial charge in [0.1, 0.15) is 6.07 Å². The fraction of sp³-hybridized carbons (Fsp3) is 0.615. The Morgan fingerprint density at radius 2 is 2.29 bits per heavy atom. The van der Waals surface area contributed by atoms with Gasteiger partial charge < -0.3 is 10.4 Å². The highest BCUT2D eigenvalue weighted by Crippen LogP contribution is 2.20. The molecule has 0 aromatic carbocycles. The van der Waals surface area contributed by atoms with Crippen LogP contribution in [0.2, 0.25) is 0 Å². The van der Waals surface area contributed by atoms with Crippen molar-refractivity contribution >= 4 is 11.3 Å². The second kappa shape index (κ2) is 6.75. The lowest BCUT2D eigenvalue weighted by Crippen LogP contribution is -2.20. The Morgan fingerprint density at radius 1 is 1.53 bits per heavy atom. The van der Waals surface area contributed by atoms with E-state index in [1.165, 1.54) is 4.88 Å². The second-order valence-corrected chi connectivity index (χ2v) is 6.01. The first-order chi connectivity index (χ1) is 8.07. The Kier molecular flexibility index (Phi) is 5.63. The van der Waals surface area contributed by atoms with Gasteiger partial charge in [-0.2, -0.15) is 5.26 Å². The fourth-order valence-corrected chi connectivity index (χ4v) is 2.29. The van der Waals surface area contributed by atoms with Crippen molar-refractivity contribution in [2.24, 2.45) is 5.41 Å². The van der Waals surface area contributed by atoms with Crippen LogP contribution in [-0.2, 0) is 6.54 Å². The average Bonchev–Trinajstić information content (AvgIpc) is 2.76.